The Hall–Kier alpha value is -1.84. The highest BCUT2D eigenvalue weighted by molar-refractivity contribution is 6.30. The van der Waals surface area contributed by atoms with Crippen LogP contribution in [0.3, 0.4) is 0 Å². The lowest BCUT2D eigenvalue weighted by molar-refractivity contribution is 0.165. The van der Waals surface area contributed by atoms with Gasteiger partial charge in [-0.3, -0.25) is 9.58 Å². The molecule has 4 rings (SSSR count). The first-order valence-electron chi connectivity index (χ1n) is 8.19. The van der Waals surface area contributed by atoms with E-state index in [1.165, 1.54) is 29.3 Å². The molecule has 0 amide bonds. The first kappa shape index (κ1) is 14.7. The molecule has 1 fully saturated rings. The number of aromatic nitrogens is 2. The summed E-state index contributed by atoms with van der Waals surface area (Å²) in [6.07, 6.45) is 4.39. The molecule has 0 radical (unpaired) electrons. The van der Waals surface area contributed by atoms with E-state index >= 15 is 0 Å². The summed E-state index contributed by atoms with van der Waals surface area (Å²) in [5.41, 5.74) is 2.56. The van der Waals surface area contributed by atoms with Crippen molar-refractivity contribution < 1.29 is 0 Å². The third-order valence-corrected chi connectivity index (χ3v) is 4.90. The molecule has 1 aromatic heterocycles. The van der Waals surface area contributed by atoms with Gasteiger partial charge in [-0.15, -0.1) is 0 Å². The fourth-order valence-electron chi connectivity index (χ4n) is 3.51. The summed E-state index contributed by atoms with van der Waals surface area (Å²) >= 11 is 5.98. The lowest BCUT2D eigenvalue weighted by Gasteiger charge is -2.33. The highest BCUT2D eigenvalue weighted by Crippen LogP contribution is 2.26. The van der Waals surface area contributed by atoms with E-state index < -0.39 is 0 Å². The maximum absolute atomic E-state index is 5.98. The van der Waals surface area contributed by atoms with Gasteiger partial charge >= 0.3 is 0 Å². The molecule has 23 heavy (non-hydrogen) atoms. The van der Waals surface area contributed by atoms with E-state index in [0.717, 1.165) is 24.7 Å². The van der Waals surface area contributed by atoms with Crippen molar-refractivity contribution in [1.82, 2.24) is 14.7 Å². The third-order valence-electron chi connectivity index (χ3n) is 4.65. The fraction of sp³-hybridized carbons (Fsp3) is 0.316. The van der Waals surface area contributed by atoms with Gasteiger partial charge in [-0.05, 0) is 43.1 Å². The number of rotatable bonds is 3. The first-order valence-corrected chi connectivity index (χ1v) is 8.56. The number of likely N-dealkylation sites (tertiary alicyclic amines) is 1. The number of piperidine rings is 1. The summed E-state index contributed by atoms with van der Waals surface area (Å²) in [4.78, 5) is 2.52. The van der Waals surface area contributed by atoms with Crippen LogP contribution in [0, 0.1) is 0 Å². The molecule has 0 saturated carbocycles. The second-order valence-electron chi connectivity index (χ2n) is 6.31. The minimum absolute atomic E-state index is 0.455. The van der Waals surface area contributed by atoms with Crippen molar-refractivity contribution in [3.05, 3.63) is 65.3 Å². The molecule has 0 spiro atoms. The van der Waals surface area contributed by atoms with Crippen molar-refractivity contribution in [1.29, 1.82) is 0 Å². The van der Waals surface area contributed by atoms with E-state index in [1.807, 2.05) is 18.3 Å². The molecule has 2 aromatic carbocycles. The van der Waals surface area contributed by atoms with Gasteiger partial charge in [-0.1, -0.05) is 41.9 Å². The topological polar surface area (TPSA) is 21.1 Å². The SMILES string of the molecule is Clc1ccc(CN2CCC[C@H](n3ncc4ccccc43)C2)cc1. The Morgan fingerprint density at radius 2 is 1.91 bits per heavy atom. The average Bonchev–Trinajstić information content (AvgIpc) is 3.01. The molecular formula is C19H20ClN3. The van der Waals surface area contributed by atoms with Crippen LogP contribution in [-0.2, 0) is 6.54 Å². The Bertz CT molecular complexity index is 794. The van der Waals surface area contributed by atoms with E-state index in [4.69, 9.17) is 11.6 Å². The van der Waals surface area contributed by atoms with Crippen molar-refractivity contribution in [2.75, 3.05) is 13.1 Å². The molecular weight excluding hydrogens is 306 g/mol. The van der Waals surface area contributed by atoms with E-state index in [1.54, 1.807) is 0 Å². The van der Waals surface area contributed by atoms with Crippen LogP contribution < -0.4 is 0 Å². The molecule has 4 heteroatoms. The van der Waals surface area contributed by atoms with Crippen LogP contribution >= 0.6 is 11.6 Å². The Labute approximate surface area is 141 Å². The highest BCUT2D eigenvalue weighted by atomic mass is 35.5. The van der Waals surface area contributed by atoms with Crippen LogP contribution in [0.2, 0.25) is 5.02 Å². The monoisotopic (exact) mass is 325 g/mol. The molecule has 0 bridgehead atoms. The Balaban J connectivity index is 1.51. The van der Waals surface area contributed by atoms with Crippen molar-refractivity contribution >= 4 is 22.5 Å². The van der Waals surface area contributed by atoms with Crippen molar-refractivity contribution in [3.63, 3.8) is 0 Å². The number of halogens is 1. The number of para-hydroxylation sites is 1. The molecule has 3 nitrogen and oxygen atoms in total. The zero-order valence-electron chi connectivity index (χ0n) is 13.0. The van der Waals surface area contributed by atoms with Gasteiger partial charge in [0.1, 0.15) is 0 Å². The molecule has 0 N–H and O–H groups in total. The van der Waals surface area contributed by atoms with Gasteiger partial charge in [0.2, 0.25) is 0 Å². The largest absolute Gasteiger partial charge is 0.297 e. The second kappa shape index (κ2) is 6.34. The van der Waals surface area contributed by atoms with Crippen molar-refractivity contribution in [2.45, 2.75) is 25.4 Å². The predicted octanol–water partition coefficient (Wildman–Crippen LogP) is 4.53. The van der Waals surface area contributed by atoms with E-state index in [-0.39, 0.29) is 0 Å². The van der Waals surface area contributed by atoms with Gasteiger partial charge in [0, 0.05) is 23.5 Å². The molecule has 118 valence electrons. The summed E-state index contributed by atoms with van der Waals surface area (Å²) in [6.45, 7) is 3.18. The molecule has 0 aliphatic carbocycles. The Morgan fingerprint density at radius 1 is 1.09 bits per heavy atom. The number of hydrogen-bond donors (Lipinski definition) is 0. The number of benzene rings is 2. The van der Waals surface area contributed by atoms with Gasteiger partial charge in [0.15, 0.2) is 0 Å². The lowest BCUT2D eigenvalue weighted by Crippen LogP contribution is -2.36. The van der Waals surface area contributed by atoms with E-state index in [0.29, 0.717) is 6.04 Å². The standard InChI is InChI=1S/C19H20ClN3/c20-17-9-7-15(8-10-17)13-22-11-3-5-18(14-22)23-19-6-2-1-4-16(19)12-21-23/h1-2,4,6-10,12,18H,3,5,11,13-14H2/t18-/m0/s1. The highest BCUT2D eigenvalue weighted by Gasteiger charge is 2.23. The summed E-state index contributed by atoms with van der Waals surface area (Å²) in [7, 11) is 0. The molecule has 3 aromatic rings. The Kier molecular flexibility index (Phi) is 4.06. The average molecular weight is 326 g/mol. The van der Waals surface area contributed by atoms with Crippen LogP contribution in [0.15, 0.2) is 54.7 Å². The molecule has 0 unspecified atom stereocenters. The van der Waals surface area contributed by atoms with Crippen molar-refractivity contribution in [3.8, 4) is 0 Å². The maximum Gasteiger partial charge on any atom is 0.0686 e. The number of fused-ring (bicyclic) bond motifs is 1. The van der Waals surface area contributed by atoms with Gasteiger partial charge in [-0.2, -0.15) is 5.10 Å². The van der Waals surface area contributed by atoms with Crippen LogP contribution in [-0.4, -0.2) is 27.8 Å². The molecule has 1 aliphatic rings. The third kappa shape index (κ3) is 3.12. The second-order valence-corrected chi connectivity index (χ2v) is 6.74. The van der Waals surface area contributed by atoms with Gasteiger partial charge in [0.05, 0.1) is 17.8 Å². The maximum atomic E-state index is 5.98. The molecule has 1 atom stereocenters. The van der Waals surface area contributed by atoms with Crippen LogP contribution in [0.5, 0.6) is 0 Å². The first-order chi connectivity index (χ1) is 11.3. The van der Waals surface area contributed by atoms with E-state index in [9.17, 15) is 0 Å². The van der Waals surface area contributed by atoms with Crippen LogP contribution in [0.25, 0.3) is 10.9 Å². The zero-order valence-corrected chi connectivity index (χ0v) is 13.8. The summed E-state index contributed by atoms with van der Waals surface area (Å²) < 4.78 is 2.21. The van der Waals surface area contributed by atoms with Gasteiger partial charge < -0.3 is 0 Å². The molecule has 2 heterocycles. The summed E-state index contributed by atoms with van der Waals surface area (Å²) in [6, 6.07) is 17.1. The van der Waals surface area contributed by atoms with Crippen molar-refractivity contribution in [2.24, 2.45) is 0 Å². The normalized spacial score (nSPS) is 19.3. The van der Waals surface area contributed by atoms with Gasteiger partial charge in [-0.25, -0.2) is 0 Å². The quantitative estimate of drug-likeness (QED) is 0.705. The zero-order chi connectivity index (χ0) is 15.6. The summed E-state index contributed by atoms with van der Waals surface area (Å²) in [5, 5.41) is 6.67. The Morgan fingerprint density at radius 3 is 2.78 bits per heavy atom. The number of hydrogen-bond acceptors (Lipinski definition) is 2. The summed E-state index contributed by atoms with van der Waals surface area (Å²) in [5.74, 6) is 0. The smallest absolute Gasteiger partial charge is 0.0686 e. The molecule has 1 saturated heterocycles. The predicted molar refractivity (Wildman–Crippen MR) is 94.7 cm³/mol. The number of nitrogens with zero attached hydrogens (tertiary/aromatic N) is 3. The van der Waals surface area contributed by atoms with Crippen LogP contribution in [0.4, 0.5) is 0 Å². The minimum Gasteiger partial charge on any atom is -0.297 e. The lowest BCUT2D eigenvalue weighted by atomic mass is 10.0. The van der Waals surface area contributed by atoms with Gasteiger partial charge in [0.25, 0.3) is 0 Å². The van der Waals surface area contributed by atoms with E-state index in [2.05, 4.69) is 51.1 Å². The fourth-order valence-corrected chi connectivity index (χ4v) is 3.63. The van der Waals surface area contributed by atoms with Crippen LogP contribution in [0.1, 0.15) is 24.4 Å². The minimum atomic E-state index is 0.455. The molecule has 1 aliphatic heterocycles.